The van der Waals surface area contributed by atoms with Crippen LogP contribution in [-0.2, 0) is 9.59 Å². The molecule has 0 aromatic rings. The summed E-state index contributed by atoms with van der Waals surface area (Å²) in [4.78, 5) is 19.6. The summed E-state index contributed by atoms with van der Waals surface area (Å²) in [7, 11) is 0. The zero-order valence-electron chi connectivity index (χ0n) is 4.31. The first kappa shape index (κ1) is 10.3. The summed E-state index contributed by atoms with van der Waals surface area (Å²) >= 11 is 0. The van der Waals surface area contributed by atoms with E-state index in [1.165, 1.54) is 0 Å². The minimum Gasteiger partial charge on any atom is -0.295 e. The summed E-state index contributed by atoms with van der Waals surface area (Å²) in [5, 5.41) is 0. The van der Waals surface area contributed by atoms with Crippen LogP contribution in [0.2, 0.25) is 0 Å². The number of hydrogen-bond acceptors (Lipinski definition) is 2. The monoisotopic (exact) mass is 116 g/mol. The molecule has 0 aliphatic rings. The number of carbonyl (C=O) groups excluding carboxylic acids is 2. The maximum atomic E-state index is 10.0. The third kappa shape index (κ3) is 5.34. The van der Waals surface area contributed by atoms with E-state index in [4.69, 9.17) is 0 Å². The second-order valence-corrected chi connectivity index (χ2v) is 1.33. The minimum atomic E-state index is -0.303. The van der Waals surface area contributed by atoms with Crippen LogP contribution in [-0.4, -0.2) is 12.1 Å². The molecule has 0 saturated carbocycles. The average molecular weight is 116 g/mol. The van der Waals surface area contributed by atoms with Crippen LogP contribution in [0.25, 0.3) is 0 Å². The van der Waals surface area contributed by atoms with Gasteiger partial charge in [-0.15, -0.1) is 0 Å². The topological polar surface area (TPSA) is 34.1 Å². The molecule has 0 rings (SSSR count). The first-order valence-corrected chi connectivity index (χ1v) is 2.29. The van der Waals surface area contributed by atoms with E-state index >= 15 is 0 Å². The van der Waals surface area contributed by atoms with Crippen molar-refractivity contribution in [3.8, 4) is 0 Å². The van der Waals surface area contributed by atoms with Crippen molar-refractivity contribution in [2.75, 3.05) is 0 Å². The van der Waals surface area contributed by atoms with E-state index in [0.717, 1.165) is 6.42 Å². The van der Waals surface area contributed by atoms with Gasteiger partial charge >= 0.3 is 0 Å². The second-order valence-electron chi connectivity index (χ2n) is 1.33. The summed E-state index contributed by atoms with van der Waals surface area (Å²) in [6.45, 7) is 1.86. The standard InChI is InChI=1S/C5H8O2.CH4/c1-2-3-5(7)4-6;/h4H,2-3H2,1H3;1H4. The Labute approximate surface area is 49.9 Å². The summed E-state index contributed by atoms with van der Waals surface area (Å²) in [5.41, 5.74) is 0. The minimum absolute atomic E-state index is 0. The number of ketones is 1. The molecule has 0 bridgehead atoms. The first-order chi connectivity index (χ1) is 3.31. The molecule has 0 aliphatic carbocycles. The van der Waals surface area contributed by atoms with Gasteiger partial charge in [-0.3, -0.25) is 9.59 Å². The van der Waals surface area contributed by atoms with Crippen LogP contribution < -0.4 is 0 Å². The fraction of sp³-hybridized carbons (Fsp3) is 0.667. The summed E-state index contributed by atoms with van der Waals surface area (Å²) < 4.78 is 0. The number of hydrogen-bond donors (Lipinski definition) is 0. The fourth-order valence-corrected chi connectivity index (χ4v) is 0.305. The van der Waals surface area contributed by atoms with Crippen molar-refractivity contribution in [3.05, 3.63) is 0 Å². The lowest BCUT2D eigenvalue weighted by Gasteiger charge is -1.79. The molecule has 0 amide bonds. The Morgan fingerprint density at radius 1 is 1.62 bits per heavy atom. The van der Waals surface area contributed by atoms with E-state index in [2.05, 4.69) is 0 Å². The molecule has 0 atom stereocenters. The van der Waals surface area contributed by atoms with Gasteiger partial charge in [0, 0.05) is 6.42 Å². The van der Waals surface area contributed by atoms with Crippen molar-refractivity contribution in [3.63, 3.8) is 0 Å². The molecule has 0 aromatic carbocycles. The van der Waals surface area contributed by atoms with Gasteiger partial charge in [0.15, 0.2) is 12.1 Å². The van der Waals surface area contributed by atoms with Gasteiger partial charge in [-0.2, -0.15) is 0 Å². The second kappa shape index (κ2) is 6.34. The molecule has 0 saturated heterocycles. The molecule has 0 aromatic heterocycles. The van der Waals surface area contributed by atoms with Crippen molar-refractivity contribution >= 4 is 12.1 Å². The average Bonchev–Trinajstić information content (AvgIpc) is 1.68. The highest BCUT2D eigenvalue weighted by Crippen LogP contribution is 1.83. The zero-order chi connectivity index (χ0) is 5.70. The number of rotatable bonds is 3. The highest BCUT2D eigenvalue weighted by atomic mass is 16.2. The van der Waals surface area contributed by atoms with Gasteiger partial charge < -0.3 is 0 Å². The van der Waals surface area contributed by atoms with Crippen LogP contribution in [0.15, 0.2) is 0 Å². The lowest BCUT2D eigenvalue weighted by molar-refractivity contribution is -0.129. The SMILES string of the molecule is C.CCCC(=O)C=O. The predicted molar refractivity (Wildman–Crippen MR) is 32.7 cm³/mol. The fourth-order valence-electron chi connectivity index (χ4n) is 0.305. The summed E-state index contributed by atoms with van der Waals surface area (Å²) in [5.74, 6) is -0.303. The van der Waals surface area contributed by atoms with Gasteiger partial charge in [0.2, 0.25) is 0 Å². The van der Waals surface area contributed by atoms with Gasteiger partial charge in [0.25, 0.3) is 0 Å². The Hall–Kier alpha value is -0.660. The maximum Gasteiger partial charge on any atom is 0.195 e. The lowest BCUT2D eigenvalue weighted by atomic mass is 10.2. The molecule has 0 spiro atoms. The molecule has 2 nitrogen and oxygen atoms in total. The molecule has 0 heterocycles. The molecule has 48 valence electrons. The first-order valence-electron chi connectivity index (χ1n) is 2.29. The quantitative estimate of drug-likeness (QED) is 0.410. The smallest absolute Gasteiger partial charge is 0.195 e. The van der Waals surface area contributed by atoms with Gasteiger partial charge in [0.05, 0.1) is 0 Å². The highest BCUT2D eigenvalue weighted by Gasteiger charge is 1.92. The Kier molecular flexibility index (Phi) is 8.20. The van der Waals surface area contributed by atoms with Crippen LogP contribution >= 0.6 is 0 Å². The van der Waals surface area contributed by atoms with Crippen molar-refractivity contribution < 1.29 is 9.59 Å². The lowest BCUT2D eigenvalue weighted by Crippen LogP contribution is -1.95. The Morgan fingerprint density at radius 3 is 2.25 bits per heavy atom. The Balaban J connectivity index is 0. The third-order valence-electron chi connectivity index (χ3n) is 0.628. The van der Waals surface area contributed by atoms with Crippen LogP contribution in [0.4, 0.5) is 0 Å². The van der Waals surface area contributed by atoms with Gasteiger partial charge in [-0.1, -0.05) is 14.4 Å². The van der Waals surface area contributed by atoms with E-state index in [9.17, 15) is 9.59 Å². The van der Waals surface area contributed by atoms with Crippen molar-refractivity contribution in [2.45, 2.75) is 27.2 Å². The van der Waals surface area contributed by atoms with E-state index in [0.29, 0.717) is 12.7 Å². The third-order valence-corrected chi connectivity index (χ3v) is 0.628. The van der Waals surface area contributed by atoms with E-state index in [1.54, 1.807) is 0 Å². The molecule has 0 unspecified atom stereocenters. The molecule has 0 radical (unpaired) electrons. The molecule has 2 heteroatoms. The molecule has 0 fully saturated rings. The maximum absolute atomic E-state index is 10.0. The van der Waals surface area contributed by atoms with E-state index < -0.39 is 0 Å². The molecule has 0 N–H and O–H groups in total. The number of Topliss-reactive ketones (excluding diaryl/α,β-unsaturated/α-hetero) is 1. The zero-order valence-corrected chi connectivity index (χ0v) is 4.31. The van der Waals surface area contributed by atoms with Gasteiger partial charge in [0.1, 0.15) is 0 Å². The predicted octanol–water partition coefficient (Wildman–Crippen LogP) is 1.19. The number of aldehydes is 1. The Bertz CT molecular complexity index is 76.6. The van der Waals surface area contributed by atoms with Gasteiger partial charge in [-0.05, 0) is 6.42 Å². The van der Waals surface area contributed by atoms with E-state index in [-0.39, 0.29) is 13.2 Å². The molecular formula is C6H12O2. The van der Waals surface area contributed by atoms with Gasteiger partial charge in [-0.25, -0.2) is 0 Å². The normalized spacial score (nSPS) is 7.12. The van der Waals surface area contributed by atoms with Crippen molar-refractivity contribution in [1.29, 1.82) is 0 Å². The Morgan fingerprint density at radius 2 is 2.12 bits per heavy atom. The molecule has 8 heavy (non-hydrogen) atoms. The van der Waals surface area contributed by atoms with Crippen LogP contribution in [0.5, 0.6) is 0 Å². The highest BCUT2D eigenvalue weighted by molar-refractivity contribution is 6.24. The summed E-state index contributed by atoms with van der Waals surface area (Å²) in [6, 6.07) is 0. The largest absolute Gasteiger partial charge is 0.295 e. The molecular weight excluding hydrogens is 104 g/mol. The molecule has 0 aliphatic heterocycles. The van der Waals surface area contributed by atoms with Crippen LogP contribution in [0.3, 0.4) is 0 Å². The summed E-state index contributed by atoms with van der Waals surface area (Å²) in [6.07, 6.45) is 1.52. The van der Waals surface area contributed by atoms with Crippen LogP contribution in [0.1, 0.15) is 27.2 Å². The van der Waals surface area contributed by atoms with Crippen molar-refractivity contribution in [1.82, 2.24) is 0 Å². The van der Waals surface area contributed by atoms with Crippen molar-refractivity contribution in [2.24, 2.45) is 0 Å². The number of carbonyl (C=O) groups is 2. The van der Waals surface area contributed by atoms with Crippen LogP contribution in [0, 0.1) is 0 Å². The van der Waals surface area contributed by atoms with E-state index in [1.807, 2.05) is 6.92 Å².